The molecule has 0 bridgehead atoms. The van der Waals surface area contributed by atoms with Gasteiger partial charge in [-0.25, -0.2) is 4.98 Å². The first-order valence-corrected chi connectivity index (χ1v) is 9.30. The van der Waals surface area contributed by atoms with Gasteiger partial charge in [-0.05, 0) is 53.9 Å². The number of halogens is 1. The quantitative estimate of drug-likeness (QED) is 0.834. The number of nitrogens with one attached hydrogen (secondary N) is 1. The van der Waals surface area contributed by atoms with E-state index in [-0.39, 0.29) is 11.4 Å². The summed E-state index contributed by atoms with van der Waals surface area (Å²) in [6.45, 7) is 1.99. The molecule has 3 rings (SSSR count). The Labute approximate surface area is 148 Å². The van der Waals surface area contributed by atoms with E-state index < -0.39 is 0 Å². The van der Waals surface area contributed by atoms with Crippen molar-refractivity contribution in [2.75, 3.05) is 7.11 Å². The first-order valence-electron chi connectivity index (χ1n) is 7.63. The molecule has 0 saturated heterocycles. The number of aromatic nitrogens is 1. The van der Waals surface area contributed by atoms with Gasteiger partial charge in [-0.3, -0.25) is 4.79 Å². The first kappa shape index (κ1) is 16.5. The standard InChI is InChI=1S/C17H19BrN2O2S/c1-11-10-23-16(19-11)17(7-3-4-8-17)20-15(21)13-9-12(22-2)5-6-14(13)18/h5-6,9-10H,3-4,7-8H2,1-2H3,(H,20,21). The van der Waals surface area contributed by atoms with Crippen molar-refractivity contribution in [3.05, 3.63) is 44.3 Å². The lowest BCUT2D eigenvalue weighted by atomic mass is 9.97. The molecule has 0 atom stereocenters. The molecule has 0 unspecified atom stereocenters. The topological polar surface area (TPSA) is 51.2 Å². The third-order valence-electron chi connectivity index (χ3n) is 4.26. The molecule has 23 heavy (non-hydrogen) atoms. The van der Waals surface area contributed by atoms with Crippen molar-refractivity contribution in [1.82, 2.24) is 10.3 Å². The lowest BCUT2D eigenvalue weighted by molar-refractivity contribution is 0.0896. The summed E-state index contributed by atoms with van der Waals surface area (Å²) >= 11 is 5.09. The lowest BCUT2D eigenvalue weighted by Gasteiger charge is -2.28. The molecule has 1 aliphatic carbocycles. The molecular formula is C17H19BrN2O2S. The van der Waals surface area contributed by atoms with Gasteiger partial charge in [0.1, 0.15) is 10.8 Å². The SMILES string of the molecule is COc1ccc(Br)c(C(=O)NC2(c3nc(C)cs3)CCCC2)c1. The summed E-state index contributed by atoms with van der Waals surface area (Å²) in [6, 6.07) is 5.42. The van der Waals surface area contributed by atoms with Crippen LogP contribution in [0.4, 0.5) is 0 Å². The van der Waals surface area contributed by atoms with Crippen LogP contribution in [0.15, 0.2) is 28.1 Å². The molecule has 4 nitrogen and oxygen atoms in total. The monoisotopic (exact) mass is 394 g/mol. The fourth-order valence-electron chi connectivity index (χ4n) is 3.03. The largest absolute Gasteiger partial charge is 0.497 e. The Kier molecular flexibility index (Phi) is 4.73. The van der Waals surface area contributed by atoms with Crippen molar-refractivity contribution in [1.29, 1.82) is 0 Å². The van der Waals surface area contributed by atoms with Crippen molar-refractivity contribution in [2.45, 2.75) is 38.1 Å². The van der Waals surface area contributed by atoms with Crippen molar-refractivity contribution in [3.8, 4) is 5.75 Å². The minimum Gasteiger partial charge on any atom is -0.497 e. The van der Waals surface area contributed by atoms with Gasteiger partial charge in [-0.2, -0.15) is 0 Å². The molecule has 2 aromatic rings. The Morgan fingerprint density at radius 3 is 2.74 bits per heavy atom. The third-order valence-corrected chi connectivity index (χ3v) is 6.11. The molecule has 0 aliphatic heterocycles. The Morgan fingerprint density at radius 1 is 1.39 bits per heavy atom. The van der Waals surface area contributed by atoms with Gasteiger partial charge in [0.25, 0.3) is 5.91 Å². The van der Waals surface area contributed by atoms with Crippen LogP contribution in [0, 0.1) is 6.92 Å². The van der Waals surface area contributed by atoms with Gasteiger partial charge >= 0.3 is 0 Å². The van der Waals surface area contributed by atoms with E-state index in [1.807, 2.05) is 24.4 Å². The van der Waals surface area contributed by atoms with E-state index in [2.05, 4.69) is 26.2 Å². The first-order chi connectivity index (χ1) is 11.0. The van der Waals surface area contributed by atoms with E-state index in [0.29, 0.717) is 11.3 Å². The van der Waals surface area contributed by atoms with Crippen molar-refractivity contribution < 1.29 is 9.53 Å². The molecule has 1 fully saturated rings. The smallest absolute Gasteiger partial charge is 0.253 e. The predicted molar refractivity (Wildman–Crippen MR) is 95.2 cm³/mol. The molecule has 1 saturated carbocycles. The van der Waals surface area contributed by atoms with E-state index in [9.17, 15) is 4.79 Å². The maximum atomic E-state index is 12.9. The third kappa shape index (κ3) is 3.28. The number of benzene rings is 1. The zero-order chi connectivity index (χ0) is 16.4. The van der Waals surface area contributed by atoms with Crippen LogP contribution in [-0.2, 0) is 5.54 Å². The number of amides is 1. The Morgan fingerprint density at radius 2 is 2.13 bits per heavy atom. The summed E-state index contributed by atoms with van der Waals surface area (Å²) in [6.07, 6.45) is 4.09. The lowest BCUT2D eigenvalue weighted by Crippen LogP contribution is -2.43. The van der Waals surface area contributed by atoms with Gasteiger partial charge in [0.15, 0.2) is 0 Å². The molecule has 0 spiro atoms. The molecule has 1 aromatic carbocycles. The molecule has 0 radical (unpaired) electrons. The number of hydrogen-bond donors (Lipinski definition) is 1. The Bertz CT molecular complexity index is 723. The highest BCUT2D eigenvalue weighted by Gasteiger charge is 2.40. The number of hydrogen-bond acceptors (Lipinski definition) is 4. The van der Waals surface area contributed by atoms with Crippen LogP contribution >= 0.6 is 27.3 Å². The van der Waals surface area contributed by atoms with Gasteiger partial charge in [0, 0.05) is 15.5 Å². The summed E-state index contributed by atoms with van der Waals surface area (Å²) in [4.78, 5) is 17.5. The molecule has 1 amide bonds. The molecule has 1 aliphatic rings. The minimum atomic E-state index is -0.335. The summed E-state index contributed by atoms with van der Waals surface area (Å²) < 4.78 is 6.00. The number of ether oxygens (including phenoxy) is 1. The number of methoxy groups -OCH3 is 1. The summed E-state index contributed by atoms with van der Waals surface area (Å²) in [5.74, 6) is 0.578. The van der Waals surface area contributed by atoms with E-state index >= 15 is 0 Å². The normalized spacial score (nSPS) is 16.3. The van der Waals surface area contributed by atoms with Crippen LogP contribution in [0.1, 0.15) is 46.7 Å². The van der Waals surface area contributed by atoms with Crippen LogP contribution in [0.25, 0.3) is 0 Å². The zero-order valence-electron chi connectivity index (χ0n) is 13.2. The van der Waals surface area contributed by atoms with Crippen LogP contribution in [-0.4, -0.2) is 18.0 Å². The number of thiazole rings is 1. The van der Waals surface area contributed by atoms with E-state index in [1.165, 1.54) is 0 Å². The second-order valence-electron chi connectivity index (χ2n) is 5.88. The van der Waals surface area contributed by atoms with Crippen molar-refractivity contribution >= 4 is 33.2 Å². The van der Waals surface area contributed by atoms with Crippen molar-refractivity contribution in [3.63, 3.8) is 0 Å². The molecule has 1 N–H and O–H groups in total. The summed E-state index contributed by atoms with van der Waals surface area (Å²) in [7, 11) is 1.60. The highest BCUT2D eigenvalue weighted by Crippen LogP contribution is 2.40. The number of carbonyl (C=O) groups excluding carboxylic acids is 1. The average molecular weight is 395 g/mol. The molecule has 6 heteroatoms. The molecular weight excluding hydrogens is 376 g/mol. The van der Waals surface area contributed by atoms with Gasteiger partial charge in [0.05, 0.1) is 18.2 Å². The fourth-order valence-corrected chi connectivity index (χ4v) is 4.47. The summed E-state index contributed by atoms with van der Waals surface area (Å²) in [5.41, 5.74) is 1.26. The number of rotatable bonds is 4. The second-order valence-corrected chi connectivity index (χ2v) is 7.60. The number of carbonyl (C=O) groups is 1. The van der Waals surface area contributed by atoms with E-state index in [4.69, 9.17) is 4.74 Å². The van der Waals surface area contributed by atoms with Crippen LogP contribution < -0.4 is 10.1 Å². The van der Waals surface area contributed by atoms with Crippen LogP contribution in [0.5, 0.6) is 5.75 Å². The number of nitrogens with zero attached hydrogens (tertiary/aromatic N) is 1. The minimum absolute atomic E-state index is 0.0921. The van der Waals surface area contributed by atoms with Crippen molar-refractivity contribution in [2.24, 2.45) is 0 Å². The Balaban J connectivity index is 1.90. The maximum absolute atomic E-state index is 12.9. The second kappa shape index (κ2) is 6.61. The highest BCUT2D eigenvalue weighted by atomic mass is 79.9. The van der Waals surface area contributed by atoms with Crippen LogP contribution in [0.3, 0.4) is 0 Å². The number of aryl methyl sites for hydroxylation is 1. The average Bonchev–Trinajstić information content (AvgIpc) is 3.17. The maximum Gasteiger partial charge on any atom is 0.253 e. The van der Waals surface area contributed by atoms with Gasteiger partial charge in [-0.15, -0.1) is 11.3 Å². The molecule has 1 aromatic heterocycles. The predicted octanol–water partition coefficient (Wildman–Crippen LogP) is 4.42. The van der Waals surface area contributed by atoms with E-state index in [0.717, 1.165) is 40.9 Å². The summed E-state index contributed by atoms with van der Waals surface area (Å²) in [5, 5.41) is 6.31. The van der Waals surface area contributed by atoms with E-state index in [1.54, 1.807) is 24.5 Å². The van der Waals surface area contributed by atoms with Crippen LogP contribution in [0.2, 0.25) is 0 Å². The molecule has 1 heterocycles. The molecule has 122 valence electrons. The van der Waals surface area contributed by atoms with Gasteiger partial charge < -0.3 is 10.1 Å². The van der Waals surface area contributed by atoms with Gasteiger partial charge in [-0.1, -0.05) is 12.8 Å². The van der Waals surface area contributed by atoms with Gasteiger partial charge in [0.2, 0.25) is 0 Å². The zero-order valence-corrected chi connectivity index (χ0v) is 15.6. The highest BCUT2D eigenvalue weighted by molar-refractivity contribution is 9.10. The Hall–Kier alpha value is -1.40. The fraction of sp³-hybridized carbons (Fsp3) is 0.412.